The van der Waals surface area contributed by atoms with E-state index in [0.717, 1.165) is 0 Å². The second kappa shape index (κ2) is 14.1. The van der Waals surface area contributed by atoms with E-state index < -0.39 is 35.9 Å². The van der Waals surface area contributed by atoms with Crippen LogP contribution in [-0.4, -0.2) is 70.6 Å². The predicted molar refractivity (Wildman–Crippen MR) is 124 cm³/mol. The number of carboxylic acids is 1. The molecule has 0 aliphatic carbocycles. The molecule has 178 valence electrons. The molecule has 11 nitrogen and oxygen atoms in total. The van der Waals surface area contributed by atoms with Crippen LogP contribution in [-0.2, 0) is 20.8 Å². The van der Waals surface area contributed by atoms with Gasteiger partial charge in [-0.15, -0.1) is 0 Å². The van der Waals surface area contributed by atoms with Crippen LogP contribution in [0.25, 0.3) is 0 Å². The molecule has 1 rings (SSSR count). The SMILES string of the molecule is CSCCC(NC(=O)C(Cc1ccc(O)cc1)NC(=O)C(N)CCCN=C(N)N)C(=O)O. The zero-order valence-corrected chi connectivity index (χ0v) is 18.8. The van der Waals surface area contributed by atoms with Gasteiger partial charge in [-0.05, 0) is 49.0 Å². The van der Waals surface area contributed by atoms with E-state index in [0.29, 0.717) is 30.7 Å². The summed E-state index contributed by atoms with van der Waals surface area (Å²) in [5, 5.41) is 24.0. The molecule has 0 bridgehead atoms. The highest BCUT2D eigenvalue weighted by molar-refractivity contribution is 7.98. The fraction of sp³-hybridized carbons (Fsp3) is 0.500. The molecule has 2 amide bonds. The zero-order valence-electron chi connectivity index (χ0n) is 18.0. The van der Waals surface area contributed by atoms with E-state index in [1.807, 2.05) is 6.26 Å². The number of phenolic OH excluding ortho intramolecular Hbond substituents is 1. The van der Waals surface area contributed by atoms with Gasteiger partial charge in [0.25, 0.3) is 0 Å². The van der Waals surface area contributed by atoms with Crippen molar-refractivity contribution in [1.29, 1.82) is 0 Å². The molecule has 0 saturated carbocycles. The third-order valence-corrected chi connectivity index (χ3v) is 5.18. The number of carbonyl (C=O) groups is 3. The summed E-state index contributed by atoms with van der Waals surface area (Å²) in [5.41, 5.74) is 17.1. The number of carboxylic acid groups (broad SMARTS) is 1. The van der Waals surface area contributed by atoms with Crippen LogP contribution in [0, 0.1) is 0 Å². The molecule has 0 aliphatic rings. The number of hydrogen-bond acceptors (Lipinski definition) is 7. The fourth-order valence-corrected chi connectivity index (χ4v) is 3.24. The average molecular weight is 469 g/mol. The highest BCUT2D eigenvalue weighted by Crippen LogP contribution is 2.12. The molecule has 3 unspecified atom stereocenters. The minimum atomic E-state index is -1.15. The highest BCUT2D eigenvalue weighted by Gasteiger charge is 2.28. The van der Waals surface area contributed by atoms with Crippen LogP contribution in [0.1, 0.15) is 24.8 Å². The van der Waals surface area contributed by atoms with E-state index in [2.05, 4.69) is 15.6 Å². The number of aliphatic carboxylic acids is 1. The van der Waals surface area contributed by atoms with E-state index in [-0.39, 0.29) is 24.6 Å². The summed E-state index contributed by atoms with van der Waals surface area (Å²) in [7, 11) is 0. The maximum atomic E-state index is 12.9. The largest absolute Gasteiger partial charge is 0.508 e. The Morgan fingerprint density at radius 2 is 1.69 bits per heavy atom. The van der Waals surface area contributed by atoms with Crippen LogP contribution in [0.2, 0.25) is 0 Å². The highest BCUT2D eigenvalue weighted by atomic mass is 32.2. The van der Waals surface area contributed by atoms with Gasteiger partial charge in [0.1, 0.15) is 17.8 Å². The molecule has 0 radical (unpaired) electrons. The number of nitrogens with one attached hydrogen (secondary N) is 2. The van der Waals surface area contributed by atoms with Crippen molar-refractivity contribution in [2.75, 3.05) is 18.6 Å². The van der Waals surface area contributed by atoms with Crippen LogP contribution in [0.3, 0.4) is 0 Å². The van der Waals surface area contributed by atoms with Crippen LogP contribution >= 0.6 is 11.8 Å². The average Bonchev–Trinajstić information content (AvgIpc) is 2.74. The quantitative estimate of drug-likeness (QED) is 0.103. The molecular formula is C20H32N6O5S. The molecule has 0 saturated heterocycles. The van der Waals surface area contributed by atoms with E-state index >= 15 is 0 Å². The van der Waals surface area contributed by atoms with Gasteiger partial charge in [0.05, 0.1) is 6.04 Å². The number of rotatable bonds is 14. The number of nitrogens with zero attached hydrogens (tertiary/aromatic N) is 1. The van der Waals surface area contributed by atoms with Gasteiger partial charge in [-0.2, -0.15) is 11.8 Å². The van der Waals surface area contributed by atoms with Crippen LogP contribution in [0.4, 0.5) is 0 Å². The van der Waals surface area contributed by atoms with Crippen molar-refractivity contribution in [3.63, 3.8) is 0 Å². The molecular weight excluding hydrogens is 436 g/mol. The Hall–Kier alpha value is -2.99. The van der Waals surface area contributed by atoms with Crippen molar-refractivity contribution in [3.8, 4) is 5.75 Å². The van der Waals surface area contributed by atoms with Gasteiger partial charge in [-0.1, -0.05) is 12.1 Å². The molecule has 0 aromatic heterocycles. The lowest BCUT2D eigenvalue weighted by Crippen LogP contribution is -2.55. The summed E-state index contributed by atoms with van der Waals surface area (Å²) in [5.74, 6) is -1.78. The zero-order chi connectivity index (χ0) is 24.1. The molecule has 0 aliphatic heterocycles. The number of thioether (sulfide) groups is 1. The molecule has 1 aromatic carbocycles. The lowest BCUT2D eigenvalue weighted by atomic mass is 10.0. The molecule has 1 aromatic rings. The first-order valence-corrected chi connectivity index (χ1v) is 11.4. The molecule has 0 fully saturated rings. The van der Waals surface area contributed by atoms with Crippen molar-refractivity contribution in [2.45, 2.75) is 43.8 Å². The number of carbonyl (C=O) groups excluding carboxylic acids is 2. The third kappa shape index (κ3) is 10.4. The molecule has 32 heavy (non-hydrogen) atoms. The van der Waals surface area contributed by atoms with Crippen molar-refractivity contribution >= 4 is 35.5 Å². The number of guanidine groups is 1. The van der Waals surface area contributed by atoms with Gasteiger partial charge in [0.15, 0.2) is 5.96 Å². The molecule has 3 atom stereocenters. The fourth-order valence-electron chi connectivity index (χ4n) is 2.77. The minimum Gasteiger partial charge on any atom is -0.508 e. The van der Waals surface area contributed by atoms with Crippen molar-refractivity contribution < 1.29 is 24.6 Å². The van der Waals surface area contributed by atoms with E-state index in [9.17, 15) is 24.6 Å². The number of amides is 2. The number of nitrogens with two attached hydrogens (primary N) is 3. The van der Waals surface area contributed by atoms with Gasteiger partial charge in [-0.25, -0.2) is 4.79 Å². The second-order valence-corrected chi connectivity index (χ2v) is 8.15. The lowest BCUT2D eigenvalue weighted by Gasteiger charge is -2.23. The Labute approximate surface area is 191 Å². The Morgan fingerprint density at radius 3 is 2.25 bits per heavy atom. The lowest BCUT2D eigenvalue weighted by molar-refractivity contribution is -0.142. The maximum absolute atomic E-state index is 12.9. The first-order valence-electron chi connectivity index (χ1n) is 10.1. The normalized spacial score (nSPS) is 13.4. The standard InChI is InChI=1S/C20H32N6O5S/c1-32-10-8-15(19(30)31)25-18(29)16(11-12-4-6-13(27)7-5-12)26-17(28)14(21)3-2-9-24-20(22)23/h4-7,14-16,27H,2-3,8-11,21H2,1H3,(H,25,29)(H,26,28)(H,30,31)(H4,22,23,24). The van der Waals surface area contributed by atoms with E-state index in [4.69, 9.17) is 17.2 Å². The Kier molecular flexibility index (Phi) is 12.0. The van der Waals surface area contributed by atoms with Gasteiger partial charge < -0.3 is 38.0 Å². The summed E-state index contributed by atoms with van der Waals surface area (Å²) < 4.78 is 0. The Morgan fingerprint density at radius 1 is 1.06 bits per heavy atom. The van der Waals surface area contributed by atoms with Gasteiger partial charge in [-0.3, -0.25) is 14.6 Å². The number of hydrogen-bond donors (Lipinski definition) is 7. The molecule has 10 N–H and O–H groups in total. The molecule has 12 heteroatoms. The van der Waals surface area contributed by atoms with Gasteiger partial charge in [0.2, 0.25) is 11.8 Å². The summed E-state index contributed by atoms with van der Waals surface area (Å²) >= 11 is 1.46. The maximum Gasteiger partial charge on any atom is 0.326 e. The first kappa shape index (κ1) is 27.0. The summed E-state index contributed by atoms with van der Waals surface area (Å²) in [6.45, 7) is 0.316. The van der Waals surface area contributed by atoms with Crippen molar-refractivity contribution in [2.24, 2.45) is 22.2 Å². The number of aromatic hydroxyl groups is 1. The van der Waals surface area contributed by atoms with Crippen LogP contribution in [0.15, 0.2) is 29.3 Å². The minimum absolute atomic E-state index is 0.0527. The van der Waals surface area contributed by atoms with E-state index in [1.165, 1.54) is 23.9 Å². The molecule has 0 heterocycles. The topological polar surface area (TPSA) is 206 Å². The van der Waals surface area contributed by atoms with Crippen molar-refractivity contribution in [3.05, 3.63) is 29.8 Å². The summed E-state index contributed by atoms with van der Waals surface area (Å²) in [6.07, 6.45) is 2.93. The monoisotopic (exact) mass is 468 g/mol. The van der Waals surface area contributed by atoms with Crippen LogP contribution < -0.4 is 27.8 Å². The molecule has 0 spiro atoms. The number of benzene rings is 1. The first-order chi connectivity index (χ1) is 15.1. The smallest absolute Gasteiger partial charge is 0.326 e. The number of phenols is 1. The van der Waals surface area contributed by atoms with E-state index in [1.54, 1.807) is 12.1 Å². The Balaban J connectivity index is 2.87. The van der Waals surface area contributed by atoms with Crippen LogP contribution in [0.5, 0.6) is 5.75 Å². The van der Waals surface area contributed by atoms with Gasteiger partial charge >= 0.3 is 5.97 Å². The second-order valence-electron chi connectivity index (χ2n) is 7.17. The Bertz CT molecular complexity index is 785. The summed E-state index contributed by atoms with van der Waals surface area (Å²) in [6, 6.07) is 3.11. The predicted octanol–water partition coefficient (Wildman–Crippen LogP) is -0.877. The summed E-state index contributed by atoms with van der Waals surface area (Å²) in [4.78, 5) is 40.7. The van der Waals surface area contributed by atoms with Crippen molar-refractivity contribution in [1.82, 2.24) is 10.6 Å². The third-order valence-electron chi connectivity index (χ3n) is 4.54. The van der Waals surface area contributed by atoms with Gasteiger partial charge in [0, 0.05) is 13.0 Å². The number of aliphatic imine (C=N–C) groups is 1.